The van der Waals surface area contributed by atoms with Gasteiger partial charge in [0.05, 0.1) is 31.9 Å². The van der Waals surface area contributed by atoms with Crippen LogP contribution >= 0.6 is 39.9 Å². The summed E-state index contributed by atoms with van der Waals surface area (Å²) in [4.78, 5) is 4.48. The number of halogens is 2. The molecule has 2 atom stereocenters. The fourth-order valence-corrected chi connectivity index (χ4v) is 3.19. The second-order valence-electron chi connectivity index (χ2n) is 6.26. The second kappa shape index (κ2) is 13.9. The number of nitrogens with zero attached hydrogens (tertiary/aromatic N) is 1. The van der Waals surface area contributed by atoms with E-state index in [0.717, 1.165) is 22.1 Å². The van der Waals surface area contributed by atoms with Gasteiger partial charge in [0.2, 0.25) is 0 Å². The van der Waals surface area contributed by atoms with Gasteiger partial charge in [-0.2, -0.15) is 0 Å². The van der Waals surface area contributed by atoms with Crippen LogP contribution in [0.4, 0.5) is 0 Å². The molecule has 0 aliphatic heterocycles. The van der Waals surface area contributed by atoms with Crippen LogP contribution in [0.15, 0.2) is 64.1 Å². The van der Waals surface area contributed by atoms with Crippen molar-refractivity contribution in [2.75, 3.05) is 19.7 Å². The van der Waals surface area contributed by atoms with Crippen molar-refractivity contribution in [1.82, 2.24) is 10.6 Å². The van der Waals surface area contributed by atoms with Crippen molar-refractivity contribution in [1.29, 1.82) is 0 Å². The van der Waals surface area contributed by atoms with E-state index in [4.69, 9.17) is 4.74 Å². The smallest absolute Gasteiger partial charge is 0.191 e. The Morgan fingerprint density at radius 2 is 1.82 bits per heavy atom. The molecule has 0 fully saturated rings. The average molecular weight is 562 g/mol. The van der Waals surface area contributed by atoms with Gasteiger partial charge in [-0.1, -0.05) is 64.5 Å². The van der Waals surface area contributed by atoms with Crippen LogP contribution < -0.4 is 10.6 Å². The summed E-state index contributed by atoms with van der Waals surface area (Å²) in [6.07, 6.45) is -0.650. The molecule has 154 valence electrons. The number of guanidine groups is 1. The summed E-state index contributed by atoms with van der Waals surface area (Å²) in [6.45, 7) is 5.84. The Balaban J connectivity index is 0.00000392. The van der Waals surface area contributed by atoms with Crippen molar-refractivity contribution in [3.05, 3.63) is 70.2 Å². The van der Waals surface area contributed by atoms with Crippen molar-refractivity contribution in [3.8, 4) is 0 Å². The SMILES string of the molecule is CCNC(=NCC(O)COCc1ccccc1)NC(C)c1ccccc1Br.I. The molecule has 0 saturated heterocycles. The number of ether oxygens (including phenoxy) is 1. The highest BCUT2D eigenvalue weighted by atomic mass is 127. The van der Waals surface area contributed by atoms with Crippen LogP contribution in [0.5, 0.6) is 0 Å². The van der Waals surface area contributed by atoms with Crippen LogP contribution in [0.3, 0.4) is 0 Å². The highest BCUT2D eigenvalue weighted by Crippen LogP contribution is 2.22. The predicted octanol–water partition coefficient (Wildman–Crippen LogP) is 4.26. The lowest BCUT2D eigenvalue weighted by atomic mass is 10.1. The number of aliphatic imine (C=N–C) groups is 1. The molecule has 0 heterocycles. The van der Waals surface area contributed by atoms with E-state index >= 15 is 0 Å². The zero-order chi connectivity index (χ0) is 19.5. The number of hydrogen-bond acceptors (Lipinski definition) is 3. The number of benzene rings is 2. The molecule has 2 aromatic rings. The lowest BCUT2D eigenvalue weighted by Crippen LogP contribution is -2.39. The fourth-order valence-electron chi connectivity index (χ4n) is 2.57. The number of nitrogens with one attached hydrogen (secondary N) is 2. The number of aliphatic hydroxyl groups excluding tert-OH is 1. The maximum absolute atomic E-state index is 10.1. The van der Waals surface area contributed by atoms with Crippen LogP contribution in [-0.2, 0) is 11.3 Å². The van der Waals surface area contributed by atoms with Crippen molar-refractivity contribution in [2.24, 2.45) is 4.99 Å². The van der Waals surface area contributed by atoms with E-state index in [1.54, 1.807) is 0 Å². The molecule has 7 heteroatoms. The van der Waals surface area contributed by atoms with Crippen molar-refractivity contribution in [2.45, 2.75) is 32.6 Å². The van der Waals surface area contributed by atoms with Crippen LogP contribution in [0.2, 0.25) is 0 Å². The normalized spacial score (nSPS) is 13.4. The van der Waals surface area contributed by atoms with Crippen molar-refractivity contribution in [3.63, 3.8) is 0 Å². The molecule has 2 rings (SSSR count). The number of hydrogen-bond donors (Lipinski definition) is 3. The van der Waals surface area contributed by atoms with Gasteiger partial charge >= 0.3 is 0 Å². The minimum atomic E-state index is -0.650. The van der Waals surface area contributed by atoms with E-state index in [1.165, 1.54) is 0 Å². The highest BCUT2D eigenvalue weighted by Gasteiger charge is 2.11. The van der Waals surface area contributed by atoms with Gasteiger partial charge in [0.25, 0.3) is 0 Å². The van der Waals surface area contributed by atoms with Crippen LogP contribution in [0.1, 0.15) is 31.0 Å². The van der Waals surface area contributed by atoms with Crippen LogP contribution in [0.25, 0.3) is 0 Å². The molecular formula is C21H29BrIN3O2. The summed E-state index contributed by atoms with van der Waals surface area (Å²) in [5.74, 6) is 0.669. The summed E-state index contributed by atoms with van der Waals surface area (Å²) >= 11 is 3.58. The zero-order valence-corrected chi connectivity index (χ0v) is 20.2. The molecule has 0 aliphatic rings. The summed E-state index contributed by atoms with van der Waals surface area (Å²) < 4.78 is 6.62. The van der Waals surface area contributed by atoms with Gasteiger partial charge < -0.3 is 20.5 Å². The maximum atomic E-state index is 10.1. The fraction of sp³-hybridized carbons (Fsp3) is 0.381. The number of rotatable bonds is 9. The van der Waals surface area contributed by atoms with Crippen LogP contribution in [0, 0.1) is 0 Å². The molecule has 0 aromatic heterocycles. The Bertz CT molecular complexity index is 716. The molecule has 28 heavy (non-hydrogen) atoms. The molecule has 0 saturated carbocycles. The first-order valence-corrected chi connectivity index (χ1v) is 9.98. The van der Waals surface area contributed by atoms with Gasteiger partial charge in [0.15, 0.2) is 5.96 Å². The molecular weight excluding hydrogens is 533 g/mol. The number of aliphatic hydroxyl groups is 1. The Morgan fingerprint density at radius 3 is 2.50 bits per heavy atom. The van der Waals surface area contributed by atoms with Crippen LogP contribution in [-0.4, -0.2) is 36.9 Å². The minimum Gasteiger partial charge on any atom is -0.389 e. The third-order valence-corrected chi connectivity index (χ3v) is 4.67. The highest BCUT2D eigenvalue weighted by molar-refractivity contribution is 14.0. The summed E-state index contributed by atoms with van der Waals surface area (Å²) in [5.41, 5.74) is 2.24. The summed E-state index contributed by atoms with van der Waals surface area (Å²) in [5, 5.41) is 16.7. The molecule has 0 spiro atoms. The largest absolute Gasteiger partial charge is 0.389 e. The molecule has 5 nitrogen and oxygen atoms in total. The average Bonchev–Trinajstić information content (AvgIpc) is 2.67. The Morgan fingerprint density at radius 1 is 1.14 bits per heavy atom. The Kier molecular flexibility index (Phi) is 12.4. The molecule has 2 aromatic carbocycles. The van der Waals surface area contributed by atoms with Gasteiger partial charge in [-0.3, -0.25) is 4.99 Å². The van der Waals surface area contributed by atoms with Gasteiger partial charge in [-0.25, -0.2) is 0 Å². The Hall–Kier alpha value is -1.16. The molecule has 3 N–H and O–H groups in total. The molecule has 0 radical (unpaired) electrons. The van der Waals surface area contributed by atoms with Crippen molar-refractivity contribution >= 4 is 45.9 Å². The van der Waals surface area contributed by atoms with Gasteiger partial charge in [-0.15, -0.1) is 24.0 Å². The first-order chi connectivity index (χ1) is 13.1. The van der Waals surface area contributed by atoms with Gasteiger partial charge in [-0.05, 0) is 31.0 Å². The lowest BCUT2D eigenvalue weighted by molar-refractivity contribution is 0.0331. The second-order valence-corrected chi connectivity index (χ2v) is 7.12. The van der Waals surface area contributed by atoms with E-state index in [1.807, 2.05) is 55.5 Å². The van der Waals surface area contributed by atoms with E-state index < -0.39 is 6.10 Å². The third-order valence-electron chi connectivity index (χ3n) is 3.95. The van der Waals surface area contributed by atoms with Gasteiger partial charge in [0.1, 0.15) is 0 Å². The Labute approximate surface area is 193 Å². The third kappa shape index (κ3) is 8.89. The topological polar surface area (TPSA) is 65.9 Å². The monoisotopic (exact) mass is 561 g/mol. The first kappa shape index (κ1) is 24.9. The van der Waals surface area contributed by atoms with E-state index in [2.05, 4.69) is 44.5 Å². The first-order valence-electron chi connectivity index (χ1n) is 9.19. The van der Waals surface area contributed by atoms with Crippen molar-refractivity contribution < 1.29 is 9.84 Å². The molecule has 0 aliphatic carbocycles. The van der Waals surface area contributed by atoms with E-state index in [9.17, 15) is 5.11 Å². The van der Waals surface area contributed by atoms with Gasteiger partial charge in [0, 0.05) is 11.0 Å². The quantitative estimate of drug-likeness (QED) is 0.243. The zero-order valence-electron chi connectivity index (χ0n) is 16.3. The summed E-state index contributed by atoms with van der Waals surface area (Å²) in [7, 11) is 0. The van der Waals surface area contributed by atoms with E-state index in [0.29, 0.717) is 12.6 Å². The molecule has 2 unspecified atom stereocenters. The molecule has 0 bridgehead atoms. The minimum absolute atomic E-state index is 0. The molecule has 0 amide bonds. The summed E-state index contributed by atoms with van der Waals surface area (Å²) in [6, 6.07) is 18.1. The van der Waals surface area contributed by atoms with E-state index in [-0.39, 0.29) is 43.2 Å². The standard InChI is InChI=1S/C21H28BrN3O2.HI/c1-3-23-21(25-16(2)19-11-7-8-12-20(19)22)24-13-18(26)15-27-14-17-9-5-4-6-10-17;/h4-12,16,18,26H,3,13-15H2,1-2H3,(H2,23,24,25);1H. The maximum Gasteiger partial charge on any atom is 0.191 e. The predicted molar refractivity (Wildman–Crippen MR) is 129 cm³/mol. The lowest BCUT2D eigenvalue weighted by Gasteiger charge is -2.19.